The molecular weight excluding hydrogens is 256 g/mol. The van der Waals surface area contributed by atoms with E-state index in [0.29, 0.717) is 12.5 Å². The van der Waals surface area contributed by atoms with Gasteiger partial charge in [0.05, 0.1) is 5.54 Å². The maximum atomic E-state index is 6.21. The molecule has 0 heterocycles. The molecule has 106 valence electrons. The third-order valence-electron chi connectivity index (χ3n) is 4.68. The summed E-state index contributed by atoms with van der Waals surface area (Å²) in [6.45, 7) is 7.32. The van der Waals surface area contributed by atoms with E-state index in [4.69, 9.17) is 17.3 Å². The van der Waals surface area contributed by atoms with Crippen LogP contribution in [-0.4, -0.2) is 12.1 Å². The zero-order valence-corrected chi connectivity index (χ0v) is 12.9. The monoisotopic (exact) mass is 280 g/mol. The molecule has 1 aliphatic rings. The molecule has 1 fully saturated rings. The van der Waals surface area contributed by atoms with Gasteiger partial charge in [0.2, 0.25) is 0 Å². The van der Waals surface area contributed by atoms with Crippen molar-refractivity contribution in [3.05, 3.63) is 28.8 Å². The summed E-state index contributed by atoms with van der Waals surface area (Å²) in [4.78, 5) is 0. The van der Waals surface area contributed by atoms with E-state index in [2.05, 4.69) is 31.3 Å². The summed E-state index contributed by atoms with van der Waals surface area (Å²) in [5.41, 5.74) is 8.32. The summed E-state index contributed by atoms with van der Waals surface area (Å²) in [5, 5.41) is 4.50. The van der Waals surface area contributed by atoms with Crippen molar-refractivity contribution in [1.29, 1.82) is 0 Å². The molecule has 1 aromatic rings. The van der Waals surface area contributed by atoms with E-state index in [1.165, 1.54) is 12.8 Å². The van der Waals surface area contributed by atoms with Crippen molar-refractivity contribution in [2.24, 2.45) is 17.6 Å². The minimum absolute atomic E-state index is 0.0102. The second kappa shape index (κ2) is 5.72. The van der Waals surface area contributed by atoms with Crippen molar-refractivity contribution in [2.45, 2.75) is 45.6 Å². The Morgan fingerprint density at radius 1 is 1.37 bits per heavy atom. The second-order valence-electron chi connectivity index (χ2n) is 6.24. The topological polar surface area (TPSA) is 38.0 Å². The molecule has 0 amide bonds. The molecule has 0 aliphatic heterocycles. The Morgan fingerprint density at radius 2 is 2.11 bits per heavy atom. The molecule has 19 heavy (non-hydrogen) atoms. The molecule has 0 radical (unpaired) electrons. The van der Waals surface area contributed by atoms with Crippen LogP contribution < -0.4 is 11.1 Å². The molecule has 3 heteroatoms. The molecule has 1 aromatic carbocycles. The van der Waals surface area contributed by atoms with E-state index >= 15 is 0 Å². The lowest BCUT2D eigenvalue weighted by molar-refractivity contribution is 0.188. The lowest BCUT2D eigenvalue weighted by Crippen LogP contribution is -2.54. The Morgan fingerprint density at radius 3 is 2.74 bits per heavy atom. The summed E-state index contributed by atoms with van der Waals surface area (Å²) in [6, 6.07) is 6.18. The maximum absolute atomic E-state index is 6.21. The molecule has 0 saturated heterocycles. The van der Waals surface area contributed by atoms with E-state index in [9.17, 15) is 0 Å². The lowest BCUT2D eigenvalue weighted by atomic mass is 9.69. The average Bonchev–Trinajstić information content (AvgIpc) is 2.38. The van der Waals surface area contributed by atoms with Gasteiger partial charge in [0, 0.05) is 17.3 Å². The fraction of sp³-hybridized carbons (Fsp3) is 0.625. The molecule has 3 unspecified atom stereocenters. The average molecular weight is 281 g/mol. The number of halogens is 1. The van der Waals surface area contributed by atoms with Gasteiger partial charge in [-0.1, -0.05) is 37.9 Å². The van der Waals surface area contributed by atoms with Crippen molar-refractivity contribution in [3.8, 4) is 0 Å². The fourth-order valence-corrected chi connectivity index (χ4v) is 3.38. The first-order valence-corrected chi connectivity index (χ1v) is 7.59. The summed E-state index contributed by atoms with van der Waals surface area (Å²) < 4.78 is 0. The van der Waals surface area contributed by atoms with Crippen LogP contribution in [0.15, 0.2) is 18.2 Å². The van der Waals surface area contributed by atoms with E-state index in [-0.39, 0.29) is 5.54 Å². The molecule has 3 atom stereocenters. The van der Waals surface area contributed by atoms with Gasteiger partial charge in [0.1, 0.15) is 0 Å². The Bertz CT molecular complexity index is 446. The number of hydrogen-bond acceptors (Lipinski definition) is 2. The van der Waals surface area contributed by atoms with E-state index in [0.717, 1.165) is 28.6 Å². The predicted molar refractivity (Wildman–Crippen MR) is 83.8 cm³/mol. The number of rotatable bonds is 3. The van der Waals surface area contributed by atoms with Gasteiger partial charge >= 0.3 is 0 Å². The van der Waals surface area contributed by atoms with Crippen LogP contribution in [0.5, 0.6) is 0 Å². The number of hydrogen-bond donors (Lipinski definition) is 2. The SMILES string of the molecule is Cc1ccc(NC2(CN)CC(C)CCC2C)cc1Cl. The maximum Gasteiger partial charge on any atom is 0.0523 e. The van der Waals surface area contributed by atoms with Crippen LogP contribution in [0.1, 0.15) is 38.7 Å². The van der Waals surface area contributed by atoms with Gasteiger partial charge in [-0.2, -0.15) is 0 Å². The molecule has 2 rings (SSSR count). The minimum atomic E-state index is 0.0102. The van der Waals surface area contributed by atoms with Crippen molar-refractivity contribution < 1.29 is 0 Å². The zero-order chi connectivity index (χ0) is 14.0. The molecule has 1 saturated carbocycles. The summed E-state index contributed by atoms with van der Waals surface area (Å²) >= 11 is 6.21. The number of nitrogens with one attached hydrogen (secondary N) is 1. The van der Waals surface area contributed by atoms with E-state index in [1.807, 2.05) is 13.0 Å². The molecule has 1 aliphatic carbocycles. The van der Waals surface area contributed by atoms with Gasteiger partial charge in [-0.15, -0.1) is 0 Å². The highest BCUT2D eigenvalue weighted by molar-refractivity contribution is 6.31. The quantitative estimate of drug-likeness (QED) is 0.870. The Labute approximate surface area is 121 Å². The van der Waals surface area contributed by atoms with Gasteiger partial charge in [-0.3, -0.25) is 0 Å². The second-order valence-corrected chi connectivity index (χ2v) is 6.64. The first-order chi connectivity index (χ1) is 8.97. The van der Waals surface area contributed by atoms with E-state index < -0.39 is 0 Å². The standard InChI is InChI=1S/C16H25ClN2/c1-11-4-6-13(3)16(9-11,10-18)19-14-7-5-12(2)15(17)8-14/h5,7-8,11,13,19H,4,6,9-10,18H2,1-3H3. The first kappa shape index (κ1) is 14.7. The molecule has 2 nitrogen and oxygen atoms in total. The summed E-state index contributed by atoms with van der Waals surface area (Å²) in [7, 11) is 0. The van der Waals surface area contributed by atoms with Crippen LogP contribution in [0, 0.1) is 18.8 Å². The van der Waals surface area contributed by atoms with Gasteiger partial charge in [0.15, 0.2) is 0 Å². The van der Waals surface area contributed by atoms with Crippen LogP contribution in [0.2, 0.25) is 5.02 Å². The van der Waals surface area contributed by atoms with Crippen LogP contribution in [0.25, 0.3) is 0 Å². The van der Waals surface area contributed by atoms with Crippen molar-refractivity contribution in [2.75, 3.05) is 11.9 Å². The van der Waals surface area contributed by atoms with Crippen LogP contribution >= 0.6 is 11.6 Å². The number of nitrogens with two attached hydrogens (primary N) is 1. The highest BCUT2D eigenvalue weighted by Gasteiger charge is 2.39. The number of aryl methyl sites for hydroxylation is 1. The highest BCUT2D eigenvalue weighted by atomic mass is 35.5. The molecule has 0 aromatic heterocycles. The number of benzene rings is 1. The molecule has 3 N–H and O–H groups in total. The van der Waals surface area contributed by atoms with Crippen molar-refractivity contribution in [1.82, 2.24) is 0 Å². The van der Waals surface area contributed by atoms with E-state index in [1.54, 1.807) is 0 Å². The Hall–Kier alpha value is -0.730. The van der Waals surface area contributed by atoms with Gasteiger partial charge < -0.3 is 11.1 Å². The molecule has 0 bridgehead atoms. The fourth-order valence-electron chi connectivity index (χ4n) is 3.20. The van der Waals surface area contributed by atoms with Gasteiger partial charge in [0.25, 0.3) is 0 Å². The first-order valence-electron chi connectivity index (χ1n) is 7.21. The third-order valence-corrected chi connectivity index (χ3v) is 5.09. The zero-order valence-electron chi connectivity index (χ0n) is 12.2. The Kier molecular flexibility index (Phi) is 4.42. The van der Waals surface area contributed by atoms with Gasteiger partial charge in [-0.05, 0) is 49.3 Å². The van der Waals surface area contributed by atoms with Crippen LogP contribution in [0.3, 0.4) is 0 Å². The van der Waals surface area contributed by atoms with Crippen LogP contribution in [0.4, 0.5) is 5.69 Å². The van der Waals surface area contributed by atoms with Crippen molar-refractivity contribution in [3.63, 3.8) is 0 Å². The predicted octanol–water partition coefficient (Wildman–Crippen LogP) is 4.21. The largest absolute Gasteiger partial charge is 0.378 e. The van der Waals surface area contributed by atoms with Crippen LogP contribution in [-0.2, 0) is 0 Å². The smallest absolute Gasteiger partial charge is 0.0523 e. The highest BCUT2D eigenvalue weighted by Crippen LogP contribution is 2.39. The van der Waals surface area contributed by atoms with Gasteiger partial charge in [-0.25, -0.2) is 0 Å². The third kappa shape index (κ3) is 3.06. The van der Waals surface area contributed by atoms with Crippen molar-refractivity contribution >= 4 is 17.3 Å². The normalized spacial score (nSPS) is 31.2. The summed E-state index contributed by atoms with van der Waals surface area (Å²) in [5.74, 6) is 1.32. The number of anilines is 1. The molecule has 0 spiro atoms. The minimum Gasteiger partial charge on any atom is -0.378 e. The summed E-state index contributed by atoms with van der Waals surface area (Å²) in [6.07, 6.45) is 3.68. The molecular formula is C16H25ClN2. The lowest BCUT2D eigenvalue weighted by Gasteiger charge is -2.45. The Balaban J connectivity index is 2.23.